The van der Waals surface area contributed by atoms with E-state index < -0.39 is 17.4 Å². The molecule has 0 saturated carbocycles. The number of aromatic nitrogens is 2. The first kappa shape index (κ1) is 18.3. The highest BCUT2D eigenvalue weighted by molar-refractivity contribution is 6.01. The van der Waals surface area contributed by atoms with Crippen molar-refractivity contribution < 1.29 is 14.7 Å². The van der Waals surface area contributed by atoms with Crippen molar-refractivity contribution in [1.82, 2.24) is 15.1 Å². The predicted octanol–water partition coefficient (Wildman–Crippen LogP) is 1.76. The monoisotopic (exact) mass is 365 g/mol. The number of carbonyl (C=O) groups is 2. The number of rotatable bonds is 6. The van der Waals surface area contributed by atoms with Gasteiger partial charge in [-0.25, -0.2) is 9.48 Å². The second-order valence-corrected chi connectivity index (χ2v) is 6.19. The van der Waals surface area contributed by atoms with E-state index in [1.54, 1.807) is 12.1 Å². The van der Waals surface area contributed by atoms with Crippen molar-refractivity contribution >= 4 is 22.6 Å². The van der Waals surface area contributed by atoms with Crippen LogP contribution in [0, 0.1) is 6.92 Å². The van der Waals surface area contributed by atoms with E-state index in [1.165, 1.54) is 12.1 Å². The van der Waals surface area contributed by atoms with Crippen LogP contribution in [0.1, 0.15) is 21.6 Å². The van der Waals surface area contributed by atoms with Crippen molar-refractivity contribution in [3.63, 3.8) is 0 Å². The lowest BCUT2D eigenvalue weighted by atomic mass is 10.1. The van der Waals surface area contributed by atoms with E-state index in [9.17, 15) is 19.5 Å². The number of fused-ring (bicyclic) bond motifs is 1. The van der Waals surface area contributed by atoms with Gasteiger partial charge in [-0.3, -0.25) is 9.59 Å². The summed E-state index contributed by atoms with van der Waals surface area (Å²) in [6.45, 7) is 2.08. The molecule has 27 heavy (non-hydrogen) atoms. The standard InChI is InChI=1S/C20H19N3O4/c1-13-6-2-3-7-14(13)10-11-21-17(24)12-23-19(25)16-9-5-4-8-15(16)18(22-23)20(26)27/h2-9H,10-12H2,1H3,(H,21,24)(H,26,27). The van der Waals surface area contributed by atoms with E-state index >= 15 is 0 Å². The van der Waals surface area contributed by atoms with Gasteiger partial charge in [-0.2, -0.15) is 5.10 Å². The second-order valence-electron chi connectivity index (χ2n) is 6.19. The molecule has 3 rings (SSSR count). The van der Waals surface area contributed by atoms with Crippen LogP contribution < -0.4 is 10.9 Å². The summed E-state index contributed by atoms with van der Waals surface area (Å²) in [5.41, 5.74) is 1.53. The first-order valence-electron chi connectivity index (χ1n) is 8.51. The topological polar surface area (TPSA) is 101 Å². The maximum Gasteiger partial charge on any atom is 0.357 e. The van der Waals surface area contributed by atoms with Gasteiger partial charge >= 0.3 is 5.97 Å². The molecule has 0 aliphatic carbocycles. The van der Waals surface area contributed by atoms with Crippen LogP contribution in [-0.2, 0) is 17.8 Å². The molecule has 7 nitrogen and oxygen atoms in total. The molecule has 0 aliphatic rings. The zero-order chi connectivity index (χ0) is 19.4. The lowest BCUT2D eigenvalue weighted by molar-refractivity contribution is -0.121. The van der Waals surface area contributed by atoms with Crippen LogP contribution in [-0.4, -0.2) is 33.3 Å². The van der Waals surface area contributed by atoms with Gasteiger partial charge < -0.3 is 10.4 Å². The number of hydrogen-bond acceptors (Lipinski definition) is 4. The Hall–Kier alpha value is -3.48. The van der Waals surface area contributed by atoms with Crippen molar-refractivity contribution in [3.8, 4) is 0 Å². The highest BCUT2D eigenvalue weighted by Gasteiger charge is 2.16. The zero-order valence-electron chi connectivity index (χ0n) is 14.8. The Labute approximate surface area is 155 Å². The Morgan fingerprint density at radius 1 is 1.07 bits per heavy atom. The van der Waals surface area contributed by atoms with Gasteiger partial charge in [0, 0.05) is 11.9 Å². The number of carboxylic acids is 1. The summed E-state index contributed by atoms with van der Waals surface area (Å²) in [5, 5.41) is 16.4. The second kappa shape index (κ2) is 7.82. The van der Waals surface area contributed by atoms with Crippen LogP contribution in [0.5, 0.6) is 0 Å². The number of nitrogens with zero attached hydrogens (tertiary/aromatic N) is 2. The van der Waals surface area contributed by atoms with Gasteiger partial charge in [0.05, 0.1) is 5.39 Å². The molecular weight excluding hydrogens is 346 g/mol. The Balaban J connectivity index is 1.75. The largest absolute Gasteiger partial charge is 0.476 e. The third-order valence-corrected chi connectivity index (χ3v) is 4.34. The third-order valence-electron chi connectivity index (χ3n) is 4.34. The van der Waals surface area contributed by atoms with Crippen LogP contribution in [0.2, 0.25) is 0 Å². The first-order chi connectivity index (χ1) is 13.0. The fourth-order valence-corrected chi connectivity index (χ4v) is 2.92. The Morgan fingerprint density at radius 2 is 1.74 bits per heavy atom. The summed E-state index contributed by atoms with van der Waals surface area (Å²) >= 11 is 0. The van der Waals surface area contributed by atoms with Crippen molar-refractivity contribution in [1.29, 1.82) is 0 Å². The summed E-state index contributed by atoms with van der Waals surface area (Å²) in [7, 11) is 0. The summed E-state index contributed by atoms with van der Waals surface area (Å²) in [4.78, 5) is 36.2. The highest BCUT2D eigenvalue weighted by Crippen LogP contribution is 2.13. The Bertz CT molecular complexity index is 1070. The molecule has 1 heterocycles. The molecule has 0 bridgehead atoms. The van der Waals surface area contributed by atoms with Gasteiger partial charge in [-0.05, 0) is 30.5 Å². The number of nitrogens with one attached hydrogen (secondary N) is 1. The summed E-state index contributed by atoms with van der Waals surface area (Å²) < 4.78 is 0.898. The van der Waals surface area contributed by atoms with E-state index in [0.29, 0.717) is 13.0 Å². The molecule has 0 spiro atoms. The normalized spacial score (nSPS) is 10.7. The highest BCUT2D eigenvalue weighted by atomic mass is 16.4. The number of carbonyl (C=O) groups excluding carboxylic acids is 1. The van der Waals surface area contributed by atoms with Crippen molar-refractivity contribution in [2.75, 3.05) is 6.54 Å². The Morgan fingerprint density at radius 3 is 2.44 bits per heavy atom. The van der Waals surface area contributed by atoms with Crippen LogP contribution in [0.25, 0.3) is 10.8 Å². The van der Waals surface area contributed by atoms with Crippen molar-refractivity contribution in [3.05, 3.63) is 75.7 Å². The minimum atomic E-state index is -1.25. The number of carboxylic acid groups (broad SMARTS) is 1. The molecule has 7 heteroatoms. The predicted molar refractivity (Wildman–Crippen MR) is 101 cm³/mol. The van der Waals surface area contributed by atoms with E-state index in [0.717, 1.165) is 15.8 Å². The van der Waals surface area contributed by atoms with Gasteiger partial charge in [0.25, 0.3) is 5.56 Å². The molecule has 1 aromatic heterocycles. The fourth-order valence-electron chi connectivity index (χ4n) is 2.92. The van der Waals surface area contributed by atoms with Gasteiger partial charge in [-0.15, -0.1) is 0 Å². The van der Waals surface area contributed by atoms with Gasteiger partial charge in [0.2, 0.25) is 5.91 Å². The minimum absolute atomic E-state index is 0.220. The van der Waals surface area contributed by atoms with Crippen molar-refractivity contribution in [2.24, 2.45) is 0 Å². The van der Waals surface area contributed by atoms with Gasteiger partial charge in [-0.1, -0.05) is 42.5 Å². The molecule has 0 saturated heterocycles. The summed E-state index contributed by atoms with van der Waals surface area (Å²) in [5.74, 6) is -1.65. The molecule has 0 fully saturated rings. The maximum atomic E-state index is 12.5. The smallest absolute Gasteiger partial charge is 0.357 e. The van der Waals surface area contributed by atoms with Gasteiger partial charge in [0.15, 0.2) is 5.69 Å². The fraction of sp³-hybridized carbons (Fsp3) is 0.200. The van der Waals surface area contributed by atoms with Crippen LogP contribution >= 0.6 is 0 Å². The number of aryl methyl sites for hydroxylation is 1. The summed E-state index contributed by atoms with van der Waals surface area (Å²) in [6.07, 6.45) is 0.666. The molecule has 2 N–H and O–H groups in total. The Kier molecular flexibility index (Phi) is 5.30. The SMILES string of the molecule is Cc1ccccc1CCNC(=O)Cn1nc(C(=O)O)c2ccccc2c1=O. The first-order valence-corrected chi connectivity index (χ1v) is 8.51. The van der Waals surface area contributed by atoms with E-state index in [1.807, 2.05) is 31.2 Å². The molecule has 0 atom stereocenters. The van der Waals surface area contributed by atoms with Crippen LogP contribution in [0.3, 0.4) is 0 Å². The number of aromatic carboxylic acids is 1. The van der Waals surface area contributed by atoms with Gasteiger partial charge in [0.1, 0.15) is 6.54 Å². The van der Waals surface area contributed by atoms with E-state index in [-0.39, 0.29) is 23.0 Å². The molecule has 138 valence electrons. The summed E-state index contributed by atoms with van der Waals surface area (Å²) in [6, 6.07) is 14.2. The quantitative estimate of drug-likeness (QED) is 0.693. The van der Waals surface area contributed by atoms with Crippen LogP contribution in [0.4, 0.5) is 0 Å². The average molecular weight is 365 g/mol. The molecule has 0 unspecified atom stereocenters. The molecule has 1 amide bonds. The lowest BCUT2D eigenvalue weighted by Gasteiger charge is -2.10. The maximum absolute atomic E-state index is 12.5. The minimum Gasteiger partial charge on any atom is -0.476 e. The lowest BCUT2D eigenvalue weighted by Crippen LogP contribution is -2.35. The van der Waals surface area contributed by atoms with E-state index in [2.05, 4.69) is 10.4 Å². The molecule has 0 aliphatic heterocycles. The number of benzene rings is 2. The molecule has 3 aromatic rings. The zero-order valence-corrected chi connectivity index (χ0v) is 14.8. The van der Waals surface area contributed by atoms with Crippen LogP contribution in [0.15, 0.2) is 53.3 Å². The number of hydrogen-bond donors (Lipinski definition) is 2. The molecule has 0 radical (unpaired) electrons. The molecular formula is C20H19N3O4. The van der Waals surface area contributed by atoms with E-state index in [4.69, 9.17) is 0 Å². The average Bonchev–Trinajstić information content (AvgIpc) is 2.65. The third kappa shape index (κ3) is 4.03. The van der Waals surface area contributed by atoms with Crippen molar-refractivity contribution in [2.45, 2.75) is 19.9 Å². The molecule has 2 aromatic carbocycles. The number of amides is 1.